The van der Waals surface area contributed by atoms with E-state index in [2.05, 4.69) is 6.07 Å². The average Bonchev–Trinajstić information content (AvgIpc) is 2.85. The first-order chi connectivity index (χ1) is 10.7. The monoisotopic (exact) mass is 331 g/mol. The van der Waals surface area contributed by atoms with Gasteiger partial charge in [-0.25, -0.2) is 0 Å². The lowest BCUT2D eigenvalue weighted by Gasteiger charge is -2.35. The minimum atomic E-state index is -4.45. The van der Waals surface area contributed by atoms with Crippen LogP contribution in [-0.4, -0.2) is 54.0 Å². The summed E-state index contributed by atoms with van der Waals surface area (Å²) in [4.78, 5) is 26.8. The highest BCUT2D eigenvalue weighted by molar-refractivity contribution is 5.92. The minimum absolute atomic E-state index is 0.0276. The molecule has 0 radical (unpaired) electrons. The molecule has 0 spiro atoms. The molecule has 128 valence electrons. The van der Waals surface area contributed by atoms with Crippen molar-refractivity contribution in [1.82, 2.24) is 9.80 Å². The molecule has 0 aromatic heterocycles. The zero-order valence-corrected chi connectivity index (χ0v) is 13.0. The number of hydrogen-bond donors (Lipinski definition) is 0. The van der Waals surface area contributed by atoms with Crippen LogP contribution in [0.5, 0.6) is 0 Å². The van der Waals surface area contributed by atoms with E-state index in [4.69, 9.17) is 0 Å². The summed E-state index contributed by atoms with van der Waals surface area (Å²) in [6.07, 6.45) is -0.900. The van der Waals surface area contributed by atoms with Crippen molar-refractivity contribution < 1.29 is 22.8 Å². The van der Waals surface area contributed by atoms with E-state index in [0.717, 1.165) is 24.2 Å². The number of nitriles is 1. The van der Waals surface area contributed by atoms with E-state index >= 15 is 0 Å². The van der Waals surface area contributed by atoms with Gasteiger partial charge in [-0.2, -0.15) is 18.4 Å². The second-order valence-electron chi connectivity index (χ2n) is 6.35. The molecule has 1 aliphatic carbocycles. The molecule has 1 heterocycles. The van der Waals surface area contributed by atoms with Crippen LogP contribution in [0.4, 0.5) is 13.2 Å². The highest BCUT2D eigenvalue weighted by Gasteiger charge is 2.47. The number of carbonyl (C=O) groups excluding carboxylic acids is 2. The van der Waals surface area contributed by atoms with Crippen LogP contribution in [0, 0.1) is 16.7 Å². The standard InChI is InChI=1S/C15H20F3N3O2/c1-20(13(23)14(9-19)6-3-2-4-7-14)11-5-8-21(12(11)22)10-15(16,17)18/h11H,2-8,10H2,1H3. The summed E-state index contributed by atoms with van der Waals surface area (Å²) in [5.41, 5.74) is -1.13. The molecule has 8 heteroatoms. The second-order valence-corrected chi connectivity index (χ2v) is 6.35. The van der Waals surface area contributed by atoms with E-state index < -0.39 is 36.0 Å². The molecule has 1 aliphatic heterocycles. The largest absolute Gasteiger partial charge is 0.406 e. The molecule has 0 bridgehead atoms. The summed E-state index contributed by atoms with van der Waals surface area (Å²) < 4.78 is 37.4. The maximum atomic E-state index is 12.7. The Balaban J connectivity index is 2.08. The first kappa shape index (κ1) is 17.6. The lowest BCUT2D eigenvalue weighted by Crippen LogP contribution is -2.50. The molecule has 2 rings (SSSR count). The SMILES string of the molecule is CN(C(=O)C1(C#N)CCCCC1)C1CCN(CC(F)(F)F)C1=O. The van der Waals surface area contributed by atoms with Gasteiger partial charge >= 0.3 is 6.18 Å². The summed E-state index contributed by atoms with van der Waals surface area (Å²) in [5, 5.41) is 9.43. The summed E-state index contributed by atoms with van der Waals surface area (Å²) in [7, 11) is 1.41. The first-order valence-electron chi connectivity index (χ1n) is 7.74. The van der Waals surface area contributed by atoms with Crippen molar-refractivity contribution >= 4 is 11.8 Å². The molecular weight excluding hydrogens is 311 g/mol. The van der Waals surface area contributed by atoms with Gasteiger partial charge in [-0.15, -0.1) is 0 Å². The molecule has 0 aromatic carbocycles. The number of nitrogens with zero attached hydrogens (tertiary/aromatic N) is 3. The molecule has 1 unspecified atom stereocenters. The normalized spacial score (nSPS) is 24.4. The number of likely N-dealkylation sites (tertiary alicyclic amines) is 1. The van der Waals surface area contributed by atoms with Gasteiger partial charge < -0.3 is 9.80 Å². The highest BCUT2D eigenvalue weighted by atomic mass is 19.4. The van der Waals surface area contributed by atoms with Gasteiger partial charge in [0.05, 0.1) is 6.07 Å². The summed E-state index contributed by atoms with van der Waals surface area (Å²) >= 11 is 0. The van der Waals surface area contributed by atoms with E-state index in [9.17, 15) is 28.0 Å². The fraction of sp³-hybridized carbons (Fsp3) is 0.800. The molecule has 2 amide bonds. The van der Waals surface area contributed by atoms with Gasteiger partial charge in [0.2, 0.25) is 11.8 Å². The van der Waals surface area contributed by atoms with E-state index in [1.807, 2.05) is 0 Å². The molecule has 0 N–H and O–H groups in total. The maximum Gasteiger partial charge on any atom is 0.406 e. The Labute approximate surface area is 133 Å². The van der Waals surface area contributed by atoms with E-state index in [-0.39, 0.29) is 13.0 Å². The van der Waals surface area contributed by atoms with Gasteiger partial charge in [0, 0.05) is 13.6 Å². The Morgan fingerprint density at radius 1 is 1.39 bits per heavy atom. The third kappa shape index (κ3) is 3.59. The van der Waals surface area contributed by atoms with Gasteiger partial charge in [0.1, 0.15) is 18.0 Å². The predicted octanol–water partition coefficient (Wildman–Crippen LogP) is 2.08. The smallest absolute Gasteiger partial charge is 0.332 e. The number of likely N-dealkylation sites (N-methyl/N-ethyl adjacent to an activating group) is 1. The van der Waals surface area contributed by atoms with Crippen molar-refractivity contribution in [1.29, 1.82) is 5.26 Å². The van der Waals surface area contributed by atoms with Crippen molar-refractivity contribution in [3.8, 4) is 6.07 Å². The number of rotatable bonds is 3. The van der Waals surface area contributed by atoms with Gasteiger partial charge in [-0.3, -0.25) is 9.59 Å². The zero-order chi connectivity index (χ0) is 17.3. The van der Waals surface area contributed by atoms with Crippen molar-refractivity contribution in [2.45, 2.75) is 50.7 Å². The summed E-state index contributed by atoms with van der Waals surface area (Å²) in [6.45, 7) is -1.33. The van der Waals surface area contributed by atoms with Gasteiger partial charge in [-0.05, 0) is 19.3 Å². The molecule has 23 heavy (non-hydrogen) atoms. The average molecular weight is 331 g/mol. The van der Waals surface area contributed by atoms with Crippen LogP contribution in [0.25, 0.3) is 0 Å². The Kier molecular flexibility index (Phi) is 4.87. The van der Waals surface area contributed by atoms with E-state index in [0.29, 0.717) is 12.8 Å². The number of halogens is 3. The van der Waals surface area contributed by atoms with Crippen molar-refractivity contribution in [3.63, 3.8) is 0 Å². The molecule has 5 nitrogen and oxygen atoms in total. The number of alkyl halides is 3. The lowest BCUT2D eigenvalue weighted by atomic mass is 9.74. The zero-order valence-electron chi connectivity index (χ0n) is 13.0. The molecule has 2 fully saturated rings. The number of amides is 2. The minimum Gasteiger partial charge on any atom is -0.332 e. The first-order valence-corrected chi connectivity index (χ1v) is 7.74. The third-order valence-electron chi connectivity index (χ3n) is 4.76. The molecule has 0 aromatic rings. The molecular formula is C15H20F3N3O2. The Morgan fingerprint density at radius 2 is 2.00 bits per heavy atom. The molecule has 1 saturated heterocycles. The fourth-order valence-corrected chi connectivity index (χ4v) is 3.46. The predicted molar refractivity (Wildman–Crippen MR) is 74.9 cm³/mol. The van der Waals surface area contributed by atoms with Crippen LogP contribution < -0.4 is 0 Å². The topological polar surface area (TPSA) is 64.4 Å². The second kappa shape index (κ2) is 6.38. The van der Waals surface area contributed by atoms with E-state index in [1.54, 1.807) is 0 Å². The Bertz CT molecular complexity index is 521. The highest BCUT2D eigenvalue weighted by Crippen LogP contribution is 2.38. The molecule has 1 atom stereocenters. The summed E-state index contributed by atoms with van der Waals surface area (Å²) in [6, 6.07) is 1.18. The number of carbonyl (C=O) groups is 2. The quantitative estimate of drug-likeness (QED) is 0.795. The van der Waals surface area contributed by atoms with Gasteiger partial charge in [-0.1, -0.05) is 19.3 Å². The summed E-state index contributed by atoms with van der Waals surface area (Å²) in [5.74, 6) is -1.13. The fourth-order valence-electron chi connectivity index (χ4n) is 3.46. The Hall–Kier alpha value is -1.78. The molecule has 2 aliphatic rings. The van der Waals surface area contributed by atoms with Crippen LogP contribution in [0.2, 0.25) is 0 Å². The van der Waals surface area contributed by atoms with E-state index in [1.165, 1.54) is 11.9 Å². The Morgan fingerprint density at radius 3 is 2.52 bits per heavy atom. The van der Waals surface area contributed by atoms with Crippen molar-refractivity contribution in [2.24, 2.45) is 5.41 Å². The maximum absolute atomic E-state index is 12.7. The van der Waals surface area contributed by atoms with Crippen LogP contribution in [-0.2, 0) is 9.59 Å². The van der Waals surface area contributed by atoms with Crippen LogP contribution >= 0.6 is 0 Å². The van der Waals surface area contributed by atoms with Gasteiger partial charge in [0.25, 0.3) is 0 Å². The van der Waals surface area contributed by atoms with Crippen LogP contribution in [0.1, 0.15) is 38.5 Å². The van der Waals surface area contributed by atoms with Gasteiger partial charge in [0.15, 0.2) is 0 Å². The molecule has 1 saturated carbocycles. The lowest BCUT2D eigenvalue weighted by molar-refractivity contribution is -0.160. The van der Waals surface area contributed by atoms with Crippen LogP contribution in [0.15, 0.2) is 0 Å². The van der Waals surface area contributed by atoms with Crippen LogP contribution in [0.3, 0.4) is 0 Å². The van der Waals surface area contributed by atoms with Crippen molar-refractivity contribution in [2.75, 3.05) is 20.1 Å². The van der Waals surface area contributed by atoms with Crippen molar-refractivity contribution in [3.05, 3.63) is 0 Å². The third-order valence-corrected chi connectivity index (χ3v) is 4.76. The number of hydrogen-bond acceptors (Lipinski definition) is 3.